The fraction of sp³-hybridized carbons (Fsp3) is 0.619. The van der Waals surface area contributed by atoms with Crippen molar-refractivity contribution >= 4 is 17.8 Å². The fourth-order valence-corrected chi connectivity index (χ4v) is 4.21. The Balaban J connectivity index is 2.29. The maximum atomic E-state index is 13.5. The first-order chi connectivity index (χ1) is 14.7. The number of amides is 1. The molecule has 2 aliphatic heterocycles. The summed E-state index contributed by atoms with van der Waals surface area (Å²) in [6, 6.07) is 1.61. The zero-order valence-corrected chi connectivity index (χ0v) is 18.2. The lowest BCUT2D eigenvalue weighted by atomic mass is 9.86. The second-order valence-electron chi connectivity index (χ2n) is 7.48. The monoisotopic (exact) mass is 436 g/mol. The summed E-state index contributed by atoms with van der Waals surface area (Å²) in [5.74, 6) is -2.93. The highest BCUT2D eigenvalue weighted by atomic mass is 16.7. The number of fused-ring (bicyclic) bond motifs is 2. The molecule has 1 atom stereocenters. The van der Waals surface area contributed by atoms with Crippen LogP contribution in [-0.2, 0) is 57.8 Å². The minimum absolute atomic E-state index is 0.0239. The molecule has 2 aliphatic rings. The maximum Gasteiger partial charge on any atom is 0.355 e. The summed E-state index contributed by atoms with van der Waals surface area (Å²) in [5.41, 5.74) is -1.51. The molecule has 170 valence electrons. The van der Waals surface area contributed by atoms with Crippen LogP contribution in [0.1, 0.15) is 57.4 Å². The number of nitrogens with zero attached hydrogens (tertiary/aromatic N) is 1. The molecule has 0 aliphatic carbocycles. The van der Waals surface area contributed by atoms with Crippen molar-refractivity contribution in [2.75, 3.05) is 19.8 Å². The van der Waals surface area contributed by atoms with Crippen LogP contribution in [0.4, 0.5) is 0 Å². The molecular weight excluding hydrogens is 408 g/mol. The normalized spacial score (nSPS) is 18.3. The van der Waals surface area contributed by atoms with E-state index in [9.17, 15) is 19.2 Å². The lowest BCUT2D eigenvalue weighted by molar-refractivity contribution is -0.184. The van der Waals surface area contributed by atoms with Crippen LogP contribution in [0.5, 0.6) is 0 Å². The van der Waals surface area contributed by atoms with Gasteiger partial charge in [-0.2, -0.15) is 0 Å². The SMILES string of the molecule is CCOC(=O)C(CC)(OC(C)=O)c1cc2n(c(=O)c1CNC(C)=O)CCC21OCCO1. The van der Waals surface area contributed by atoms with E-state index in [-0.39, 0.29) is 36.6 Å². The van der Waals surface area contributed by atoms with Gasteiger partial charge in [0.15, 0.2) is 0 Å². The quantitative estimate of drug-likeness (QED) is 0.624. The van der Waals surface area contributed by atoms with Gasteiger partial charge in [0.25, 0.3) is 5.56 Å². The molecule has 1 saturated heterocycles. The Hall–Kier alpha value is -2.72. The van der Waals surface area contributed by atoms with Crippen molar-refractivity contribution in [2.45, 2.75) is 65.0 Å². The van der Waals surface area contributed by atoms with Crippen molar-refractivity contribution in [3.8, 4) is 0 Å². The van der Waals surface area contributed by atoms with E-state index >= 15 is 0 Å². The molecule has 1 spiro atoms. The van der Waals surface area contributed by atoms with Crippen molar-refractivity contribution in [1.82, 2.24) is 9.88 Å². The van der Waals surface area contributed by atoms with E-state index in [2.05, 4.69) is 5.32 Å². The molecule has 31 heavy (non-hydrogen) atoms. The number of esters is 2. The standard InChI is InChI=1S/C21H28N2O8/c1-5-20(31-14(4)25,19(27)28-6-2)16-11-17-21(29-9-10-30-21)7-8-23(17)18(26)15(16)12-22-13(3)24/h11H,5-10,12H2,1-4H3,(H,22,24). The van der Waals surface area contributed by atoms with Crippen molar-refractivity contribution in [3.05, 3.63) is 33.2 Å². The van der Waals surface area contributed by atoms with Gasteiger partial charge in [-0.25, -0.2) is 4.79 Å². The number of pyridine rings is 1. The molecule has 3 heterocycles. The van der Waals surface area contributed by atoms with E-state index in [0.29, 0.717) is 31.9 Å². The van der Waals surface area contributed by atoms with Gasteiger partial charge in [0.05, 0.1) is 25.5 Å². The molecule has 10 nitrogen and oxygen atoms in total. The largest absolute Gasteiger partial charge is 0.463 e. The van der Waals surface area contributed by atoms with Crippen LogP contribution in [0.2, 0.25) is 0 Å². The molecule has 1 aromatic heterocycles. The summed E-state index contributed by atoms with van der Waals surface area (Å²) in [5, 5.41) is 2.61. The molecule has 0 saturated carbocycles. The van der Waals surface area contributed by atoms with Gasteiger partial charge >= 0.3 is 11.9 Å². The second-order valence-corrected chi connectivity index (χ2v) is 7.48. The average Bonchev–Trinajstić information content (AvgIpc) is 3.33. The molecule has 1 aromatic rings. The Kier molecular flexibility index (Phi) is 6.51. The lowest BCUT2D eigenvalue weighted by Crippen LogP contribution is -2.45. The highest BCUT2D eigenvalue weighted by Gasteiger charge is 2.51. The van der Waals surface area contributed by atoms with Gasteiger partial charge in [-0.15, -0.1) is 0 Å². The molecule has 1 unspecified atom stereocenters. The molecule has 0 radical (unpaired) electrons. The number of rotatable bonds is 7. The summed E-state index contributed by atoms with van der Waals surface area (Å²) >= 11 is 0. The van der Waals surface area contributed by atoms with E-state index in [4.69, 9.17) is 18.9 Å². The van der Waals surface area contributed by atoms with Crippen LogP contribution in [0.25, 0.3) is 0 Å². The van der Waals surface area contributed by atoms with Gasteiger partial charge in [-0.3, -0.25) is 14.4 Å². The molecule has 0 aromatic carbocycles. The van der Waals surface area contributed by atoms with Crippen LogP contribution in [0.15, 0.2) is 10.9 Å². The van der Waals surface area contributed by atoms with Crippen molar-refractivity contribution < 1.29 is 33.3 Å². The van der Waals surface area contributed by atoms with Gasteiger partial charge in [0.2, 0.25) is 17.3 Å². The minimum atomic E-state index is -1.85. The highest BCUT2D eigenvalue weighted by Crippen LogP contribution is 2.42. The van der Waals surface area contributed by atoms with Crippen LogP contribution >= 0.6 is 0 Å². The number of carbonyl (C=O) groups is 3. The van der Waals surface area contributed by atoms with E-state index in [1.165, 1.54) is 18.4 Å². The molecule has 10 heteroatoms. The smallest absolute Gasteiger partial charge is 0.355 e. The van der Waals surface area contributed by atoms with Crippen LogP contribution in [0, 0.1) is 0 Å². The third-order valence-corrected chi connectivity index (χ3v) is 5.58. The molecule has 0 bridgehead atoms. The Morgan fingerprint density at radius 1 is 1.23 bits per heavy atom. The summed E-state index contributed by atoms with van der Waals surface area (Å²) in [4.78, 5) is 50.1. The molecule has 3 rings (SSSR count). The van der Waals surface area contributed by atoms with Crippen molar-refractivity contribution in [1.29, 1.82) is 0 Å². The van der Waals surface area contributed by atoms with Gasteiger partial charge in [0.1, 0.15) is 0 Å². The van der Waals surface area contributed by atoms with Crippen molar-refractivity contribution in [3.63, 3.8) is 0 Å². The Morgan fingerprint density at radius 2 is 1.90 bits per heavy atom. The average molecular weight is 436 g/mol. The molecule has 1 fully saturated rings. The van der Waals surface area contributed by atoms with Gasteiger partial charge in [-0.05, 0) is 19.4 Å². The Labute approximate surface area is 179 Å². The number of ether oxygens (including phenoxy) is 4. The number of carbonyl (C=O) groups excluding carboxylic acids is 3. The first-order valence-electron chi connectivity index (χ1n) is 10.4. The predicted molar refractivity (Wildman–Crippen MR) is 107 cm³/mol. The number of hydrogen-bond acceptors (Lipinski definition) is 8. The van der Waals surface area contributed by atoms with Crippen LogP contribution < -0.4 is 10.9 Å². The van der Waals surface area contributed by atoms with Gasteiger partial charge in [0, 0.05) is 44.5 Å². The number of nitrogens with one attached hydrogen (secondary N) is 1. The first kappa shape index (κ1) is 23.0. The third kappa shape index (κ3) is 3.97. The van der Waals surface area contributed by atoms with Crippen molar-refractivity contribution in [2.24, 2.45) is 0 Å². The topological polar surface area (TPSA) is 122 Å². The lowest BCUT2D eigenvalue weighted by Gasteiger charge is -2.33. The summed E-state index contributed by atoms with van der Waals surface area (Å²) in [6.07, 6.45) is 0.452. The summed E-state index contributed by atoms with van der Waals surface area (Å²) < 4.78 is 24.0. The van der Waals surface area contributed by atoms with Crippen LogP contribution in [0.3, 0.4) is 0 Å². The van der Waals surface area contributed by atoms with Gasteiger partial charge in [-0.1, -0.05) is 6.92 Å². The maximum absolute atomic E-state index is 13.5. The Morgan fingerprint density at radius 3 is 2.45 bits per heavy atom. The van der Waals surface area contributed by atoms with Crippen LogP contribution in [-0.4, -0.2) is 42.2 Å². The first-order valence-corrected chi connectivity index (χ1v) is 10.4. The molecule has 1 amide bonds. The third-order valence-electron chi connectivity index (χ3n) is 5.58. The zero-order chi connectivity index (χ0) is 22.8. The summed E-state index contributed by atoms with van der Waals surface area (Å²) in [7, 11) is 0. The van der Waals surface area contributed by atoms with E-state index in [1.54, 1.807) is 19.9 Å². The van der Waals surface area contributed by atoms with E-state index in [1.807, 2.05) is 0 Å². The van der Waals surface area contributed by atoms with Gasteiger partial charge < -0.3 is 28.8 Å². The highest BCUT2D eigenvalue weighted by molar-refractivity contribution is 5.85. The fourth-order valence-electron chi connectivity index (χ4n) is 4.21. The van der Waals surface area contributed by atoms with E-state index in [0.717, 1.165) is 0 Å². The zero-order valence-electron chi connectivity index (χ0n) is 18.2. The molecular formula is C21H28N2O8. The minimum Gasteiger partial charge on any atom is -0.463 e. The Bertz CT molecular complexity index is 947. The number of aromatic nitrogens is 1. The second kappa shape index (κ2) is 8.80. The van der Waals surface area contributed by atoms with E-state index < -0.39 is 28.9 Å². The number of hydrogen-bond donors (Lipinski definition) is 1. The molecule has 1 N–H and O–H groups in total. The predicted octanol–water partition coefficient (Wildman–Crippen LogP) is 0.819. The summed E-state index contributed by atoms with van der Waals surface area (Å²) in [6.45, 7) is 6.82.